The molecule has 0 unspecified atom stereocenters. The van der Waals surface area contributed by atoms with E-state index >= 15 is 0 Å². The molecule has 0 radical (unpaired) electrons. The molecule has 2 aromatic rings. The number of hydrogen-bond donors (Lipinski definition) is 3. The van der Waals surface area contributed by atoms with Gasteiger partial charge in [0.05, 0.1) is 0 Å². The van der Waals surface area contributed by atoms with Gasteiger partial charge in [0.15, 0.2) is 5.65 Å². The smallest absolute Gasteiger partial charge is 0.322 e. The molecule has 2 aromatic heterocycles. The molecule has 9 heteroatoms. The third-order valence-electron chi connectivity index (χ3n) is 4.32. The van der Waals surface area contributed by atoms with Gasteiger partial charge in [0.2, 0.25) is 0 Å². The van der Waals surface area contributed by atoms with E-state index in [9.17, 15) is 14.7 Å². The minimum Gasteiger partial charge on any atom is -0.507 e. The summed E-state index contributed by atoms with van der Waals surface area (Å²) in [4.78, 5) is 26.8. The van der Waals surface area contributed by atoms with Gasteiger partial charge in [-0.3, -0.25) is 9.59 Å². The number of amides is 1. The van der Waals surface area contributed by atoms with Crippen molar-refractivity contribution in [1.29, 1.82) is 0 Å². The number of nitrogens with zero attached hydrogens (tertiary/aromatic N) is 3. The summed E-state index contributed by atoms with van der Waals surface area (Å²) < 4.78 is 1.52. The number of carboxylic acid groups (broad SMARTS) is 1. The van der Waals surface area contributed by atoms with Crippen LogP contribution in [0.15, 0.2) is 17.4 Å². The van der Waals surface area contributed by atoms with E-state index in [4.69, 9.17) is 5.11 Å². The van der Waals surface area contributed by atoms with Gasteiger partial charge in [-0.2, -0.15) is 5.10 Å². The molecule has 3 rings (SSSR count). The highest BCUT2D eigenvalue weighted by Crippen LogP contribution is 2.33. The molecule has 134 valence electrons. The highest BCUT2D eigenvalue weighted by atomic mass is 32.2. The predicted octanol–water partition coefficient (Wildman–Crippen LogP) is 1.92. The lowest BCUT2D eigenvalue weighted by Crippen LogP contribution is -2.29. The molecule has 0 bridgehead atoms. The Balaban J connectivity index is 1.82. The van der Waals surface area contributed by atoms with Crippen molar-refractivity contribution in [3.8, 4) is 5.75 Å². The Morgan fingerprint density at radius 1 is 1.32 bits per heavy atom. The molecule has 0 aromatic carbocycles. The minimum absolute atomic E-state index is 0.0687. The summed E-state index contributed by atoms with van der Waals surface area (Å²) in [6.45, 7) is -0.531. The Bertz CT molecular complexity index is 786. The third kappa shape index (κ3) is 4.04. The van der Waals surface area contributed by atoms with Gasteiger partial charge in [0, 0.05) is 11.8 Å². The lowest BCUT2D eigenvalue weighted by atomic mass is 9.91. The molecule has 8 nitrogen and oxygen atoms in total. The molecule has 0 saturated heterocycles. The standard InChI is InChI=1S/C16H20N4O4S/c21-11-6-12(25-8-10-4-2-1-3-5-10)20-15(18-9-19-20)14(11)16(24)17-7-13(22)23/h6,9-10,21H,1-5,7-8H2,(H,17,24)(H,22,23). The number of carbonyl (C=O) groups excluding carboxylic acids is 1. The normalized spacial score (nSPS) is 15.4. The van der Waals surface area contributed by atoms with E-state index in [0.29, 0.717) is 10.9 Å². The van der Waals surface area contributed by atoms with Gasteiger partial charge in [-0.25, -0.2) is 9.50 Å². The number of aromatic hydroxyl groups is 1. The number of aromatic nitrogens is 3. The fourth-order valence-electron chi connectivity index (χ4n) is 3.06. The Labute approximate surface area is 148 Å². The van der Waals surface area contributed by atoms with Gasteiger partial charge >= 0.3 is 5.97 Å². The van der Waals surface area contributed by atoms with E-state index < -0.39 is 18.4 Å². The molecule has 1 saturated carbocycles. The summed E-state index contributed by atoms with van der Waals surface area (Å²) in [6.07, 6.45) is 7.57. The molecule has 3 N–H and O–H groups in total. The molecule has 1 aliphatic carbocycles. The molecule has 0 spiro atoms. The van der Waals surface area contributed by atoms with Crippen LogP contribution in [0.3, 0.4) is 0 Å². The molecule has 25 heavy (non-hydrogen) atoms. The fourth-order valence-corrected chi connectivity index (χ4v) is 4.25. The maximum absolute atomic E-state index is 12.2. The molecule has 1 amide bonds. The number of pyridine rings is 1. The Hall–Kier alpha value is -2.29. The third-order valence-corrected chi connectivity index (χ3v) is 5.54. The summed E-state index contributed by atoms with van der Waals surface area (Å²) >= 11 is 1.59. The van der Waals surface area contributed by atoms with Crippen molar-refractivity contribution in [1.82, 2.24) is 19.9 Å². The highest BCUT2D eigenvalue weighted by molar-refractivity contribution is 7.99. The van der Waals surface area contributed by atoms with Crippen molar-refractivity contribution < 1.29 is 19.8 Å². The molecule has 1 aliphatic rings. The first-order chi connectivity index (χ1) is 12.1. The summed E-state index contributed by atoms with van der Waals surface area (Å²) in [5, 5.41) is 26.0. The van der Waals surface area contributed by atoms with Gasteiger partial charge in [0.1, 0.15) is 29.2 Å². The number of thioether (sulfide) groups is 1. The molecular weight excluding hydrogens is 344 g/mol. The summed E-state index contributed by atoms with van der Waals surface area (Å²) in [5.41, 5.74) is 0.148. The van der Waals surface area contributed by atoms with Crippen LogP contribution in [-0.2, 0) is 4.79 Å². The van der Waals surface area contributed by atoms with Crippen LogP contribution in [0.5, 0.6) is 5.75 Å². The highest BCUT2D eigenvalue weighted by Gasteiger charge is 2.22. The largest absolute Gasteiger partial charge is 0.507 e. The number of hydrogen-bond acceptors (Lipinski definition) is 6. The van der Waals surface area contributed by atoms with E-state index in [0.717, 1.165) is 5.75 Å². The van der Waals surface area contributed by atoms with Crippen molar-refractivity contribution >= 4 is 29.3 Å². The maximum atomic E-state index is 12.2. The van der Waals surface area contributed by atoms with Crippen LogP contribution >= 0.6 is 11.8 Å². The second-order valence-corrected chi connectivity index (χ2v) is 7.17. The number of rotatable bonds is 6. The van der Waals surface area contributed by atoms with Gasteiger partial charge in [-0.05, 0) is 18.8 Å². The van der Waals surface area contributed by atoms with Gasteiger partial charge in [-0.1, -0.05) is 19.3 Å². The van der Waals surface area contributed by atoms with Crippen molar-refractivity contribution in [3.63, 3.8) is 0 Å². The summed E-state index contributed by atoms with van der Waals surface area (Å²) in [6, 6.07) is 1.49. The number of aliphatic carboxylic acids is 1. The van der Waals surface area contributed by atoms with Crippen LogP contribution in [0.25, 0.3) is 5.65 Å². The topological polar surface area (TPSA) is 117 Å². The van der Waals surface area contributed by atoms with E-state index in [2.05, 4.69) is 15.4 Å². The average Bonchev–Trinajstić information content (AvgIpc) is 3.08. The van der Waals surface area contributed by atoms with E-state index in [1.165, 1.54) is 49.0 Å². The first-order valence-electron chi connectivity index (χ1n) is 8.24. The second kappa shape index (κ2) is 7.73. The van der Waals surface area contributed by atoms with Gasteiger partial charge < -0.3 is 15.5 Å². The maximum Gasteiger partial charge on any atom is 0.322 e. The SMILES string of the molecule is O=C(O)CNC(=O)c1c(O)cc(SCC2CCCCC2)n2ncnc12. The number of carboxylic acids is 1. The van der Waals surface area contributed by atoms with Gasteiger partial charge in [0.25, 0.3) is 5.91 Å². The lowest BCUT2D eigenvalue weighted by molar-refractivity contribution is -0.135. The Kier molecular flexibility index (Phi) is 5.42. The first-order valence-corrected chi connectivity index (χ1v) is 9.23. The van der Waals surface area contributed by atoms with Crippen molar-refractivity contribution in [2.45, 2.75) is 37.1 Å². The van der Waals surface area contributed by atoms with E-state index in [1.807, 2.05) is 0 Å². The average molecular weight is 364 g/mol. The number of carbonyl (C=O) groups is 2. The van der Waals surface area contributed by atoms with Crippen LogP contribution < -0.4 is 5.32 Å². The lowest BCUT2D eigenvalue weighted by Gasteiger charge is -2.21. The fraction of sp³-hybridized carbons (Fsp3) is 0.500. The quantitative estimate of drug-likeness (QED) is 0.670. The van der Waals surface area contributed by atoms with Crippen LogP contribution in [0.4, 0.5) is 0 Å². The molecule has 0 atom stereocenters. The van der Waals surface area contributed by atoms with Crippen molar-refractivity contribution in [2.75, 3.05) is 12.3 Å². The molecule has 2 heterocycles. The summed E-state index contributed by atoms with van der Waals surface area (Å²) in [5.74, 6) is -0.502. The predicted molar refractivity (Wildman–Crippen MR) is 91.9 cm³/mol. The second-order valence-electron chi connectivity index (χ2n) is 6.13. The summed E-state index contributed by atoms with van der Waals surface area (Å²) in [7, 11) is 0. The van der Waals surface area contributed by atoms with E-state index in [-0.39, 0.29) is 17.0 Å². The minimum atomic E-state index is -1.16. The van der Waals surface area contributed by atoms with Crippen molar-refractivity contribution in [2.24, 2.45) is 5.92 Å². The first kappa shape index (κ1) is 17.5. The Morgan fingerprint density at radius 3 is 2.80 bits per heavy atom. The van der Waals surface area contributed by atoms with Gasteiger partial charge in [-0.15, -0.1) is 11.8 Å². The Morgan fingerprint density at radius 2 is 2.08 bits per heavy atom. The van der Waals surface area contributed by atoms with Crippen LogP contribution in [0.2, 0.25) is 0 Å². The van der Waals surface area contributed by atoms with Crippen LogP contribution in [0.1, 0.15) is 42.5 Å². The number of fused-ring (bicyclic) bond motifs is 1. The molecule has 1 fully saturated rings. The zero-order valence-electron chi connectivity index (χ0n) is 13.6. The van der Waals surface area contributed by atoms with Crippen molar-refractivity contribution in [3.05, 3.63) is 18.0 Å². The number of nitrogens with one attached hydrogen (secondary N) is 1. The molecular formula is C16H20N4O4S. The van der Waals surface area contributed by atoms with Crippen LogP contribution in [0, 0.1) is 5.92 Å². The van der Waals surface area contributed by atoms with Crippen LogP contribution in [-0.4, -0.2) is 49.0 Å². The monoisotopic (exact) mass is 364 g/mol. The van der Waals surface area contributed by atoms with E-state index in [1.54, 1.807) is 11.8 Å². The zero-order chi connectivity index (χ0) is 17.8. The molecule has 0 aliphatic heterocycles. The zero-order valence-corrected chi connectivity index (χ0v) is 14.5.